The van der Waals surface area contributed by atoms with Crippen LogP contribution in [0.3, 0.4) is 0 Å². The topological polar surface area (TPSA) is 9.23 Å². The summed E-state index contributed by atoms with van der Waals surface area (Å²) in [5, 5.41) is 0.602. The molecule has 0 bridgehead atoms. The van der Waals surface area contributed by atoms with Gasteiger partial charge in [-0.25, -0.2) is 4.39 Å². The molecule has 0 saturated heterocycles. The van der Waals surface area contributed by atoms with Crippen molar-refractivity contribution in [3.05, 3.63) is 51.3 Å². The lowest BCUT2D eigenvalue weighted by atomic mass is 9.94. The Morgan fingerprint density at radius 1 is 1.15 bits per heavy atom. The van der Waals surface area contributed by atoms with Crippen LogP contribution in [0.25, 0.3) is 11.1 Å². The Morgan fingerprint density at radius 2 is 1.85 bits per heavy atom. The minimum atomic E-state index is -0.439. The number of benzene rings is 2. The summed E-state index contributed by atoms with van der Waals surface area (Å²) in [6.07, 6.45) is 1.98. The molecular formula is C16H13Cl2FO. The molecule has 1 aliphatic rings. The van der Waals surface area contributed by atoms with Crippen molar-refractivity contribution >= 4 is 23.2 Å². The second kappa shape index (κ2) is 5.27. The molecule has 1 nitrogen and oxygen atoms in total. The fourth-order valence-electron chi connectivity index (χ4n) is 2.62. The van der Waals surface area contributed by atoms with Crippen LogP contribution in [-0.2, 0) is 6.42 Å². The van der Waals surface area contributed by atoms with Gasteiger partial charge in [0.05, 0.1) is 16.7 Å². The van der Waals surface area contributed by atoms with Crippen LogP contribution in [0.1, 0.15) is 17.5 Å². The zero-order chi connectivity index (χ0) is 14.3. The normalized spacial score (nSPS) is 13.8. The maximum atomic E-state index is 13.3. The summed E-state index contributed by atoms with van der Waals surface area (Å²) in [5.74, 6) is 0.386. The second-order valence-electron chi connectivity index (χ2n) is 4.93. The molecule has 0 saturated carbocycles. The predicted octanol–water partition coefficient (Wildman–Crippen LogP) is 5.43. The van der Waals surface area contributed by atoms with Crippen LogP contribution in [0.15, 0.2) is 24.3 Å². The Kier molecular flexibility index (Phi) is 3.61. The van der Waals surface area contributed by atoms with Gasteiger partial charge in [-0.3, -0.25) is 0 Å². The Balaban J connectivity index is 2.26. The van der Waals surface area contributed by atoms with E-state index in [1.54, 1.807) is 0 Å². The highest BCUT2D eigenvalue weighted by Gasteiger charge is 2.21. The standard InChI is InChI=1S/C16H13Cl2FO/c1-9-4-5-12(16-11(9)3-2-6-20-16)15-13(17)7-10(19)8-14(15)18/h4-5,7-8H,2-3,6H2,1H3. The monoisotopic (exact) mass is 310 g/mol. The first-order chi connectivity index (χ1) is 9.58. The van der Waals surface area contributed by atoms with Gasteiger partial charge < -0.3 is 4.74 Å². The first kappa shape index (κ1) is 13.7. The smallest absolute Gasteiger partial charge is 0.130 e. The van der Waals surface area contributed by atoms with E-state index < -0.39 is 5.82 Å². The highest BCUT2D eigenvalue weighted by atomic mass is 35.5. The molecule has 3 rings (SSSR count). The zero-order valence-electron chi connectivity index (χ0n) is 11.0. The molecule has 4 heteroatoms. The Labute approximate surface area is 127 Å². The van der Waals surface area contributed by atoms with E-state index in [0.29, 0.717) is 22.2 Å². The molecule has 1 aliphatic heterocycles. The molecule has 0 aromatic heterocycles. The van der Waals surface area contributed by atoms with E-state index in [9.17, 15) is 4.39 Å². The van der Waals surface area contributed by atoms with E-state index in [-0.39, 0.29) is 0 Å². The molecule has 2 aromatic carbocycles. The lowest BCUT2D eigenvalue weighted by Crippen LogP contribution is -2.11. The SMILES string of the molecule is Cc1ccc(-c2c(Cl)cc(F)cc2Cl)c2c1CCCO2. The van der Waals surface area contributed by atoms with Gasteiger partial charge in [0.1, 0.15) is 11.6 Å². The summed E-state index contributed by atoms with van der Waals surface area (Å²) in [6, 6.07) is 6.51. The zero-order valence-corrected chi connectivity index (χ0v) is 12.5. The van der Waals surface area contributed by atoms with Gasteiger partial charge >= 0.3 is 0 Å². The van der Waals surface area contributed by atoms with Crippen molar-refractivity contribution in [2.45, 2.75) is 19.8 Å². The number of hydrogen-bond acceptors (Lipinski definition) is 1. The number of ether oxygens (including phenoxy) is 1. The average Bonchev–Trinajstić information content (AvgIpc) is 2.40. The minimum absolute atomic E-state index is 0.301. The van der Waals surface area contributed by atoms with E-state index in [4.69, 9.17) is 27.9 Å². The maximum absolute atomic E-state index is 13.3. The molecule has 0 N–H and O–H groups in total. The van der Waals surface area contributed by atoms with Crippen molar-refractivity contribution in [3.63, 3.8) is 0 Å². The molecule has 2 aromatic rings. The maximum Gasteiger partial charge on any atom is 0.130 e. The molecule has 0 amide bonds. The van der Waals surface area contributed by atoms with Gasteiger partial charge in [0, 0.05) is 11.1 Å². The molecule has 104 valence electrons. The van der Waals surface area contributed by atoms with Crippen molar-refractivity contribution < 1.29 is 9.13 Å². The van der Waals surface area contributed by atoms with Gasteiger partial charge in [-0.15, -0.1) is 0 Å². The largest absolute Gasteiger partial charge is 0.493 e. The molecule has 1 heterocycles. The summed E-state index contributed by atoms with van der Waals surface area (Å²) in [4.78, 5) is 0. The number of fused-ring (bicyclic) bond motifs is 1. The van der Waals surface area contributed by atoms with Gasteiger partial charge in [-0.2, -0.15) is 0 Å². The fourth-order valence-corrected chi connectivity index (χ4v) is 3.29. The first-order valence-electron chi connectivity index (χ1n) is 6.48. The van der Waals surface area contributed by atoms with Crippen molar-refractivity contribution in [3.8, 4) is 16.9 Å². The van der Waals surface area contributed by atoms with E-state index >= 15 is 0 Å². The van der Waals surface area contributed by atoms with Gasteiger partial charge in [0.25, 0.3) is 0 Å². The van der Waals surface area contributed by atoms with E-state index in [2.05, 4.69) is 6.92 Å². The molecule has 0 fully saturated rings. The van der Waals surface area contributed by atoms with Crippen LogP contribution < -0.4 is 4.74 Å². The lowest BCUT2D eigenvalue weighted by Gasteiger charge is -2.23. The van der Waals surface area contributed by atoms with Gasteiger partial charge in [0.2, 0.25) is 0 Å². The van der Waals surface area contributed by atoms with Crippen molar-refractivity contribution in [1.29, 1.82) is 0 Å². The third kappa shape index (κ3) is 2.27. The van der Waals surface area contributed by atoms with E-state index in [0.717, 1.165) is 24.2 Å². The number of halogens is 3. The van der Waals surface area contributed by atoms with Crippen LogP contribution in [0.2, 0.25) is 10.0 Å². The summed E-state index contributed by atoms with van der Waals surface area (Å²) in [5.41, 5.74) is 3.84. The van der Waals surface area contributed by atoms with E-state index in [1.807, 2.05) is 12.1 Å². The Hall–Kier alpha value is -1.25. The second-order valence-corrected chi connectivity index (χ2v) is 5.75. The lowest BCUT2D eigenvalue weighted by molar-refractivity contribution is 0.289. The summed E-state index contributed by atoms with van der Waals surface area (Å²) in [7, 11) is 0. The van der Waals surface area contributed by atoms with Gasteiger partial charge in [0.15, 0.2) is 0 Å². The first-order valence-corrected chi connectivity index (χ1v) is 7.23. The summed E-state index contributed by atoms with van der Waals surface area (Å²) < 4.78 is 19.1. The van der Waals surface area contributed by atoms with Crippen molar-refractivity contribution in [2.75, 3.05) is 6.61 Å². The summed E-state index contributed by atoms with van der Waals surface area (Å²) in [6.45, 7) is 2.74. The van der Waals surface area contributed by atoms with Crippen LogP contribution >= 0.6 is 23.2 Å². The molecule has 0 aliphatic carbocycles. The summed E-state index contributed by atoms with van der Waals surface area (Å²) >= 11 is 12.3. The van der Waals surface area contributed by atoms with Gasteiger partial charge in [-0.05, 0) is 43.0 Å². The third-order valence-electron chi connectivity index (χ3n) is 3.59. The highest BCUT2D eigenvalue weighted by Crippen LogP contribution is 2.44. The Bertz CT molecular complexity index is 659. The molecule has 20 heavy (non-hydrogen) atoms. The molecule has 0 unspecified atom stereocenters. The fraction of sp³-hybridized carbons (Fsp3) is 0.250. The number of aryl methyl sites for hydroxylation is 1. The molecule has 0 spiro atoms. The predicted molar refractivity (Wildman–Crippen MR) is 80.4 cm³/mol. The molecule has 0 radical (unpaired) electrons. The van der Waals surface area contributed by atoms with Gasteiger partial charge in [-0.1, -0.05) is 35.3 Å². The number of hydrogen-bond donors (Lipinski definition) is 0. The van der Waals surface area contributed by atoms with Crippen molar-refractivity contribution in [1.82, 2.24) is 0 Å². The van der Waals surface area contributed by atoms with Crippen LogP contribution in [-0.4, -0.2) is 6.61 Å². The van der Waals surface area contributed by atoms with Crippen molar-refractivity contribution in [2.24, 2.45) is 0 Å². The van der Waals surface area contributed by atoms with Crippen LogP contribution in [0.4, 0.5) is 4.39 Å². The molecular weight excluding hydrogens is 298 g/mol. The third-order valence-corrected chi connectivity index (χ3v) is 4.18. The molecule has 0 atom stereocenters. The Morgan fingerprint density at radius 3 is 2.55 bits per heavy atom. The highest BCUT2D eigenvalue weighted by molar-refractivity contribution is 6.39. The van der Waals surface area contributed by atoms with Crippen LogP contribution in [0, 0.1) is 12.7 Å². The minimum Gasteiger partial charge on any atom is -0.493 e. The average molecular weight is 311 g/mol. The quantitative estimate of drug-likeness (QED) is 0.682. The van der Waals surface area contributed by atoms with Crippen LogP contribution in [0.5, 0.6) is 5.75 Å². The van der Waals surface area contributed by atoms with E-state index in [1.165, 1.54) is 23.3 Å². The number of rotatable bonds is 1.